The van der Waals surface area contributed by atoms with Gasteiger partial charge in [0, 0.05) is 23.4 Å². The molecule has 30 heavy (non-hydrogen) atoms. The maximum absolute atomic E-state index is 13.8. The van der Waals surface area contributed by atoms with Crippen LogP contribution in [0.5, 0.6) is 0 Å². The number of thiophene rings is 1. The van der Waals surface area contributed by atoms with Gasteiger partial charge in [-0.15, -0.1) is 11.3 Å². The molecule has 1 aliphatic heterocycles. The van der Waals surface area contributed by atoms with Crippen molar-refractivity contribution in [3.05, 3.63) is 76.7 Å². The molecule has 1 aliphatic rings. The van der Waals surface area contributed by atoms with E-state index in [1.165, 1.54) is 0 Å². The van der Waals surface area contributed by atoms with Gasteiger partial charge in [-0.2, -0.15) is 0 Å². The zero-order chi connectivity index (χ0) is 20.3. The number of benzene rings is 1. The van der Waals surface area contributed by atoms with Crippen LogP contribution in [0.4, 0.5) is 0 Å². The zero-order valence-corrected chi connectivity index (χ0v) is 17.3. The van der Waals surface area contributed by atoms with E-state index in [2.05, 4.69) is 6.07 Å². The minimum atomic E-state index is -0.00898. The highest BCUT2D eigenvalue weighted by molar-refractivity contribution is 7.09. The maximum Gasteiger partial charge on any atom is 0.255 e. The van der Waals surface area contributed by atoms with Crippen LogP contribution in [0, 0.1) is 0 Å². The Morgan fingerprint density at radius 2 is 2.10 bits per heavy atom. The fraction of sp³-hybridized carbons (Fsp3) is 0.250. The van der Waals surface area contributed by atoms with Crippen LogP contribution in [0.3, 0.4) is 0 Å². The largest absolute Gasteiger partial charge is 0.463 e. The summed E-state index contributed by atoms with van der Waals surface area (Å²) in [6, 6.07) is 17.4. The Balaban J connectivity index is 1.56. The van der Waals surface area contributed by atoms with Gasteiger partial charge in [-0.1, -0.05) is 24.3 Å². The molecule has 1 amide bonds. The lowest BCUT2D eigenvalue weighted by Gasteiger charge is -2.26. The number of fused-ring (bicyclic) bond motifs is 1. The number of para-hydroxylation sites is 1. The summed E-state index contributed by atoms with van der Waals surface area (Å²) in [5, 5.41) is 2.89. The number of nitrogens with zero attached hydrogens (tertiary/aromatic N) is 2. The Morgan fingerprint density at radius 1 is 1.17 bits per heavy atom. The molecule has 1 aromatic carbocycles. The van der Waals surface area contributed by atoms with Gasteiger partial charge in [0.15, 0.2) is 5.76 Å². The van der Waals surface area contributed by atoms with E-state index in [1.807, 2.05) is 58.8 Å². The summed E-state index contributed by atoms with van der Waals surface area (Å²) in [6.07, 6.45) is 3.75. The normalized spacial score (nSPS) is 16.2. The van der Waals surface area contributed by atoms with Gasteiger partial charge in [-0.25, -0.2) is 4.98 Å². The van der Waals surface area contributed by atoms with Crippen molar-refractivity contribution in [1.82, 2.24) is 9.88 Å². The van der Waals surface area contributed by atoms with Gasteiger partial charge in [0.1, 0.15) is 5.69 Å². The van der Waals surface area contributed by atoms with Crippen LogP contribution in [0.1, 0.15) is 28.1 Å². The minimum absolute atomic E-state index is 0.00898. The summed E-state index contributed by atoms with van der Waals surface area (Å²) in [7, 11) is 0. The van der Waals surface area contributed by atoms with Crippen LogP contribution in [0.25, 0.3) is 22.4 Å². The third-order valence-electron chi connectivity index (χ3n) is 5.38. The van der Waals surface area contributed by atoms with E-state index in [0.717, 1.165) is 35.2 Å². The molecule has 5 rings (SSSR count). The Hall–Kier alpha value is -2.96. The molecule has 0 N–H and O–H groups in total. The van der Waals surface area contributed by atoms with Crippen molar-refractivity contribution in [2.24, 2.45) is 0 Å². The smallest absolute Gasteiger partial charge is 0.255 e. The van der Waals surface area contributed by atoms with Gasteiger partial charge in [0.05, 0.1) is 30.0 Å². The molecule has 1 atom stereocenters. The number of hydrogen-bond donors (Lipinski definition) is 0. The number of pyridine rings is 1. The number of aromatic nitrogens is 1. The molecule has 4 heterocycles. The van der Waals surface area contributed by atoms with Crippen LogP contribution < -0.4 is 0 Å². The molecule has 152 valence electrons. The van der Waals surface area contributed by atoms with Crippen molar-refractivity contribution in [3.8, 4) is 11.5 Å². The molecule has 0 radical (unpaired) electrons. The summed E-state index contributed by atoms with van der Waals surface area (Å²) in [6.45, 7) is 1.93. The first-order chi connectivity index (χ1) is 14.8. The Kier molecular flexibility index (Phi) is 5.34. The molecular weight excluding hydrogens is 396 g/mol. The lowest BCUT2D eigenvalue weighted by atomic mass is 10.0. The quantitative estimate of drug-likeness (QED) is 0.422. The third-order valence-corrected chi connectivity index (χ3v) is 6.24. The van der Waals surface area contributed by atoms with Gasteiger partial charge in [-0.05, 0) is 48.6 Å². The molecule has 1 saturated heterocycles. The molecule has 0 bridgehead atoms. The minimum Gasteiger partial charge on any atom is -0.463 e. The van der Waals surface area contributed by atoms with E-state index in [-0.39, 0.29) is 12.0 Å². The summed E-state index contributed by atoms with van der Waals surface area (Å²) >= 11 is 1.66. The molecule has 1 fully saturated rings. The van der Waals surface area contributed by atoms with Crippen LogP contribution in [0.15, 0.2) is 70.7 Å². The van der Waals surface area contributed by atoms with Crippen molar-refractivity contribution in [2.75, 3.05) is 13.2 Å². The summed E-state index contributed by atoms with van der Waals surface area (Å²) < 4.78 is 11.4. The zero-order valence-electron chi connectivity index (χ0n) is 16.5. The topological polar surface area (TPSA) is 55.6 Å². The fourth-order valence-electron chi connectivity index (χ4n) is 3.92. The SMILES string of the molecule is O=C(c1cc(-c2ccco2)nc2ccccc12)N(Cc1cccs1)CC1CCCO1. The number of carbonyl (C=O) groups is 1. The van der Waals surface area contributed by atoms with Crippen LogP contribution in [-0.4, -0.2) is 35.0 Å². The predicted octanol–water partition coefficient (Wildman–Crippen LogP) is 5.38. The van der Waals surface area contributed by atoms with E-state index in [1.54, 1.807) is 17.6 Å². The second-order valence-electron chi connectivity index (χ2n) is 7.45. The number of furan rings is 1. The number of hydrogen-bond acceptors (Lipinski definition) is 5. The molecule has 1 unspecified atom stereocenters. The molecule has 3 aromatic heterocycles. The maximum atomic E-state index is 13.8. The van der Waals surface area contributed by atoms with Crippen LogP contribution >= 0.6 is 11.3 Å². The van der Waals surface area contributed by atoms with Gasteiger partial charge in [0.2, 0.25) is 0 Å². The number of rotatable bonds is 6. The second kappa shape index (κ2) is 8.42. The lowest BCUT2D eigenvalue weighted by molar-refractivity contribution is 0.0511. The van der Waals surface area contributed by atoms with Crippen molar-refractivity contribution in [2.45, 2.75) is 25.5 Å². The molecule has 6 heteroatoms. The highest BCUT2D eigenvalue weighted by atomic mass is 32.1. The molecular formula is C24H22N2O3S. The van der Waals surface area contributed by atoms with Crippen LogP contribution in [-0.2, 0) is 11.3 Å². The molecule has 0 aliphatic carbocycles. The summed E-state index contributed by atoms with van der Waals surface area (Å²) in [4.78, 5) is 21.6. The van der Waals surface area contributed by atoms with Crippen LogP contribution in [0.2, 0.25) is 0 Å². The summed E-state index contributed by atoms with van der Waals surface area (Å²) in [5.74, 6) is 0.643. The number of ether oxygens (including phenoxy) is 1. The van der Waals surface area contributed by atoms with E-state index >= 15 is 0 Å². The van der Waals surface area contributed by atoms with E-state index < -0.39 is 0 Å². The monoisotopic (exact) mass is 418 g/mol. The average molecular weight is 419 g/mol. The number of amides is 1. The highest BCUT2D eigenvalue weighted by Gasteiger charge is 2.26. The Labute approximate surface area is 178 Å². The Morgan fingerprint density at radius 3 is 2.87 bits per heavy atom. The highest BCUT2D eigenvalue weighted by Crippen LogP contribution is 2.27. The van der Waals surface area contributed by atoms with Crippen molar-refractivity contribution in [3.63, 3.8) is 0 Å². The number of carbonyl (C=O) groups excluding carboxylic acids is 1. The lowest BCUT2D eigenvalue weighted by Crippen LogP contribution is -2.37. The van der Waals surface area contributed by atoms with Crippen molar-refractivity contribution in [1.29, 1.82) is 0 Å². The van der Waals surface area contributed by atoms with E-state index in [9.17, 15) is 4.79 Å². The molecule has 5 nitrogen and oxygen atoms in total. The van der Waals surface area contributed by atoms with Crippen molar-refractivity contribution < 1.29 is 13.9 Å². The molecule has 0 spiro atoms. The summed E-state index contributed by atoms with van der Waals surface area (Å²) in [5.41, 5.74) is 2.08. The average Bonchev–Trinajstić information content (AvgIpc) is 3.56. The van der Waals surface area contributed by atoms with Gasteiger partial charge in [0.25, 0.3) is 5.91 Å². The second-order valence-corrected chi connectivity index (χ2v) is 8.48. The fourth-order valence-corrected chi connectivity index (χ4v) is 4.64. The Bertz CT molecular complexity index is 1130. The van der Waals surface area contributed by atoms with E-state index in [0.29, 0.717) is 30.1 Å². The predicted molar refractivity (Wildman–Crippen MR) is 117 cm³/mol. The van der Waals surface area contributed by atoms with Gasteiger partial charge in [-0.3, -0.25) is 4.79 Å². The first kappa shape index (κ1) is 19.0. The third kappa shape index (κ3) is 3.88. The molecule has 0 saturated carbocycles. The van der Waals surface area contributed by atoms with Gasteiger partial charge < -0.3 is 14.1 Å². The first-order valence-corrected chi connectivity index (χ1v) is 11.0. The first-order valence-electron chi connectivity index (χ1n) is 10.1. The van der Waals surface area contributed by atoms with E-state index in [4.69, 9.17) is 14.1 Å². The standard InChI is InChI=1S/C24H22N2O3S/c27-24(26(15-17-6-3-11-28-17)16-18-7-5-13-30-18)20-14-22(23-10-4-12-29-23)25-21-9-2-1-8-19(20)21/h1-2,4-5,7-10,12-14,17H,3,6,11,15-16H2. The van der Waals surface area contributed by atoms with Gasteiger partial charge >= 0.3 is 0 Å². The van der Waals surface area contributed by atoms with Crippen molar-refractivity contribution >= 4 is 28.1 Å². The molecule has 4 aromatic rings.